The summed E-state index contributed by atoms with van der Waals surface area (Å²) in [5, 5.41) is 2.64. The van der Waals surface area contributed by atoms with E-state index in [4.69, 9.17) is 11.6 Å². The SMILES string of the molecule is CC1NCCCC1NS(=O)(=O)c1c(Cl)cccc1C(F)(F)F.Cl. The van der Waals surface area contributed by atoms with Crippen LogP contribution < -0.4 is 10.0 Å². The Balaban J connectivity index is 0.00000264. The largest absolute Gasteiger partial charge is 0.417 e. The van der Waals surface area contributed by atoms with E-state index in [1.807, 2.05) is 0 Å². The molecule has 1 aliphatic heterocycles. The van der Waals surface area contributed by atoms with Crippen molar-refractivity contribution in [2.24, 2.45) is 0 Å². The second-order valence-electron chi connectivity index (χ2n) is 5.23. The zero-order valence-corrected chi connectivity index (χ0v) is 14.5. The van der Waals surface area contributed by atoms with Crippen LogP contribution in [0.1, 0.15) is 25.3 Å². The lowest BCUT2D eigenvalue weighted by Gasteiger charge is -2.30. The molecule has 1 fully saturated rings. The van der Waals surface area contributed by atoms with Crippen molar-refractivity contribution < 1.29 is 21.6 Å². The zero-order valence-electron chi connectivity index (χ0n) is 12.2. The first-order valence-corrected chi connectivity index (χ1v) is 8.60. The first-order valence-electron chi connectivity index (χ1n) is 6.74. The quantitative estimate of drug-likeness (QED) is 0.830. The van der Waals surface area contributed by atoms with E-state index in [0.29, 0.717) is 12.5 Å². The fraction of sp³-hybridized carbons (Fsp3) is 0.538. The molecule has 0 amide bonds. The van der Waals surface area contributed by atoms with Gasteiger partial charge in [-0.3, -0.25) is 0 Å². The average Bonchev–Trinajstić information content (AvgIpc) is 2.39. The normalized spacial score (nSPS) is 22.5. The Labute approximate surface area is 144 Å². The van der Waals surface area contributed by atoms with Crippen LogP contribution in [0.15, 0.2) is 23.1 Å². The number of hydrogen-bond donors (Lipinski definition) is 2. The molecule has 1 aromatic rings. The molecule has 2 N–H and O–H groups in total. The van der Waals surface area contributed by atoms with Gasteiger partial charge >= 0.3 is 6.18 Å². The summed E-state index contributed by atoms with van der Waals surface area (Å²) in [4.78, 5) is -0.915. The Morgan fingerprint density at radius 2 is 2.00 bits per heavy atom. The summed E-state index contributed by atoms with van der Waals surface area (Å²) in [6.45, 7) is 2.53. The number of alkyl halides is 3. The van der Waals surface area contributed by atoms with Gasteiger partial charge in [0.05, 0.1) is 10.6 Å². The van der Waals surface area contributed by atoms with E-state index >= 15 is 0 Å². The maximum absolute atomic E-state index is 13.1. The van der Waals surface area contributed by atoms with Crippen LogP contribution in [0.5, 0.6) is 0 Å². The minimum absolute atomic E-state index is 0. The van der Waals surface area contributed by atoms with Crippen molar-refractivity contribution in [1.29, 1.82) is 0 Å². The number of sulfonamides is 1. The van der Waals surface area contributed by atoms with Gasteiger partial charge < -0.3 is 5.32 Å². The summed E-state index contributed by atoms with van der Waals surface area (Å²) < 4.78 is 66.3. The van der Waals surface area contributed by atoms with Gasteiger partial charge in [-0.1, -0.05) is 17.7 Å². The highest BCUT2D eigenvalue weighted by atomic mass is 35.5. The van der Waals surface area contributed by atoms with Crippen molar-refractivity contribution >= 4 is 34.0 Å². The van der Waals surface area contributed by atoms with E-state index < -0.39 is 37.7 Å². The fourth-order valence-electron chi connectivity index (χ4n) is 2.47. The fourth-order valence-corrected chi connectivity index (χ4v) is 4.58. The van der Waals surface area contributed by atoms with Gasteiger partial charge in [0, 0.05) is 12.1 Å². The Morgan fingerprint density at radius 3 is 2.57 bits per heavy atom. The Hall–Kier alpha value is -0.540. The lowest BCUT2D eigenvalue weighted by atomic mass is 10.0. The predicted octanol–water partition coefficient (Wildman–Crippen LogP) is 3.20. The van der Waals surface area contributed by atoms with Gasteiger partial charge in [-0.05, 0) is 38.4 Å². The van der Waals surface area contributed by atoms with E-state index in [1.54, 1.807) is 6.92 Å². The highest BCUT2D eigenvalue weighted by Gasteiger charge is 2.39. The molecule has 2 unspecified atom stereocenters. The maximum atomic E-state index is 13.1. The number of benzene rings is 1. The lowest BCUT2D eigenvalue weighted by molar-refractivity contribution is -0.139. The Bertz CT molecular complexity index is 653. The summed E-state index contributed by atoms with van der Waals surface area (Å²) in [5.74, 6) is 0. The third-order valence-corrected chi connectivity index (χ3v) is 5.63. The van der Waals surface area contributed by atoms with Crippen molar-refractivity contribution in [3.63, 3.8) is 0 Å². The number of halogens is 5. The van der Waals surface area contributed by atoms with Crippen LogP contribution in [0.25, 0.3) is 0 Å². The maximum Gasteiger partial charge on any atom is 0.417 e. The minimum atomic E-state index is -4.80. The molecule has 132 valence electrons. The van der Waals surface area contributed by atoms with Gasteiger partial charge in [-0.25, -0.2) is 13.1 Å². The van der Waals surface area contributed by atoms with Crippen molar-refractivity contribution in [2.45, 2.75) is 42.9 Å². The molecule has 4 nitrogen and oxygen atoms in total. The minimum Gasteiger partial charge on any atom is -0.313 e. The summed E-state index contributed by atoms with van der Waals surface area (Å²) in [6, 6.07) is 2.28. The molecule has 2 rings (SSSR count). The second kappa shape index (κ2) is 7.57. The summed E-state index contributed by atoms with van der Waals surface area (Å²) in [7, 11) is -4.38. The van der Waals surface area contributed by atoms with Gasteiger partial charge in [-0.2, -0.15) is 13.2 Å². The van der Waals surface area contributed by atoms with Crippen LogP contribution in [0.4, 0.5) is 13.2 Å². The Kier molecular flexibility index (Phi) is 6.74. The molecule has 0 radical (unpaired) electrons. The van der Waals surface area contributed by atoms with Gasteiger partial charge in [0.25, 0.3) is 0 Å². The van der Waals surface area contributed by atoms with Crippen LogP contribution in [-0.4, -0.2) is 27.0 Å². The van der Waals surface area contributed by atoms with E-state index in [2.05, 4.69) is 10.0 Å². The number of piperidine rings is 1. The molecule has 0 spiro atoms. The van der Waals surface area contributed by atoms with Crippen molar-refractivity contribution in [2.75, 3.05) is 6.54 Å². The van der Waals surface area contributed by atoms with Crippen LogP contribution in [-0.2, 0) is 16.2 Å². The monoisotopic (exact) mass is 392 g/mol. The van der Waals surface area contributed by atoms with E-state index in [9.17, 15) is 21.6 Å². The molecule has 1 saturated heterocycles. The van der Waals surface area contributed by atoms with Crippen LogP contribution in [0, 0.1) is 0 Å². The van der Waals surface area contributed by atoms with E-state index in [-0.39, 0.29) is 18.4 Å². The second-order valence-corrected chi connectivity index (χ2v) is 7.29. The molecule has 1 aliphatic rings. The van der Waals surface area contributed by atoms with Crippen LogP contribution >= 0.6 is 24.0 Å². The molecule has 2 atom stereocenters. The molecule has 0 aliphatic carbocycles. The highest BCUT2D eigenvalue weighted by Crippen LogP contribution is 2.37. The summed E-state index contributed by atoms with van der Waals surface area (Å²) >= 11 is 5.74. The van der Waals surface area contributed by atoms with Gasteiger partial charge in [0.2, 0.25) is 10.0 Å². The topological polar surface area (TPSA) is 58.2 Å². The van der Waals surface area contributed by atoms with E-state index in [1.165, 1.54) is 0 Å². The molecular weight excluding hydrogens is 376 g/mol. The van der Waals surface area contributed by atoms with Crippen molar-refractivity contribution in [3.8, 4) is 0 Å². The van der Waals surface area contributed by atoms with Gasteiger partial charge in [0.15, 0.2) is 0 Å². The lowest BCUT2D eigenvalue weighted by Crippen LogP contribution is -2.52. The standard InChI is InChI=1S/C13H16ClF3N2O2S.ClH/c1-8-11(6-3-7-18-8)19-22(20,21)12-9(13(15,16)17)4-2-5-10(12)14;/h2,4-5,8,11,18-19H,3,6-7H2,1H3;1H. The molecule has 0 saturated carbocycles. The molecule has 10 heteroatoms. The number of nitrogens with one attached hydrogen (secondary N) is 2. The number of hydrogen-bond acceptors (Lipinski definition) is 3. The third kappa shape index (κ3) is 4.73. The smallest absolute Gasteiger partial charge is 0.313 e. The molecule has 1 heterocycles. The Morgan fingerprint density at radius 1 is 1.35 bits per heavy atom. The van der Waals surface area contributed by atoms with Gasteiger partial charge in [0.1, 0.15) is 4.90 Å². The third-order valence-electron chi connectivity index (χ3n) is 3.61. The van der Waals surface area contributed by atoms with Gasteiger partial charge in [-0.15, -0.1) is 12.4 Å². The predicted molar refractivity (Wildman–Crippen MR) is 84.5 cm³/mol. The summed E-state index contributed by atoms with van der Waals surface area (Å²) in [6.07, 6.45) is -3.50. The van der Waals surface area contributed by atoms with Crippen molar-refractivity contribution in [1.82, 2.24) is 10.0 Å². The average molecular weight is 393 g/mol. The molecule has 23 heavy (non-hydrogen) atoms. The molecular formula is C13H17Cl2F3N2O2S. The zero-order chi connectivity index (χ0) is 16.5. The highest BCUT2D eigenvalue weighted by molar-refractivity contribution is 7.89. The van der Waals surface area contributed by atoms with Crippen LogP contribution in [0.2, 0.25) is 5.02 Å². The molecule has 0 bridgehead atoms. The number of rotatable bonds is 3. The molecule has 1 aromatic carbocycles. The first kappa shape index (κ1) is 20.5. The van der Waals surface area contributed by atoms with E-state index in [0.717, 1.165) is 25.1 Å². The van der Waals surface area contributed by atoms with Crippen LogP contribution in [0.3, 0.4) is 0 Å². The molecule has 0 aromatic heterocycles. The summed E-state index contributed by atoms with van der Waals surface area (Å²) in [5.41, 5.74) is -1.26. The first-order chi connectivity index (χ1) is 10.1. The van der Waals surface area contributed by atoms with Crippen molar-refractivity contribution in [3.05, 3.63) is 28.8 Å².